The summed E-state index contributed by atoms with van der Waals surface area (Å²) in [5.74, 6) is -1.37. The van der Waals surface area contributed by atoms with Gasteiger partial charge in [-0.1, -0.05) is 5.76 Å². The second-order valence-corrected chi connectivity index (χ2v) is 16.3. The van der Waals surface area contributed by atoms with Crippen molar-refractivity contribution in [1.82, 2.24) is 0 Å². The predicted octanol–water partition coefficient (Wildman–Crippen LogP) is 5.85. The molecule has 0 spiro atoms. The molecule has 7 rings (SSSR count). The third kappa shape index (κ3) is 5.61. The van der Waals surface area contributed by atoms with Crippen LogP contribution in [0.5, 0.6) is 23.0 Å². The molecule has 13 nitrogen and oxygen atoms in total. The first-order chi connectivity index (χ1) is 28.3. The molecular formula is C47H48N8O5. The van der Waals surface area contributed by atoms with Crippen LogP contribution >= 0.6 is 0 Å². The number of rotatable bonds is 6. The van der Waals surface area contributed by atoms with Crippen molar-refractivity contribution >= 4 is 66.8 Å². The molecule has 5 aromatic rings. The Hall–Kier alpha value is -7.51. The largest absolute Gasteiger partial charge is 0.872 e. The Morgan fingerprint density at radius 2 is 0.950 bits per heavy atom. The molecule has 2 aliphatic rings. The molecule has 0 radical (unpaired) electrons. The van der Waals surface area contributed by atoms with Crippen LogP contribution in [0.4, 0.5) is 28.4 Å². The number of phenols is 4. The number of aromatic hydroxyl groups is 4. The van der Waals surface area contributed by atoms with Gasteiger partial charge in [-0.25, -0.2) is 14.7 Å². The maximum atomic E-state index is 15.7. The molecule has 5 aromatic carbocycles. The summed E-state index contributed by atoms with van der Waals surface area (Å²) in [6.45, 7) is 8.33. The predicted molar refractivity (Wildman–Crippen MR) is 240 cm³/mol. The molecule has 306 valence electrons. The Morgan fingerprint density at radius 1 is 0.550 bits per heavy atom. The molecule has 13 heteroatoms. The summed E-state index contributed by atoms with van der Waals surface area (Å²) < 4.78 is 1.90. The highest BCUT2D eigenvalue weighted by atomic mass is 16.3. The van der Waals surface area contributed by atoms with Crippen molar-refractivity contribution < 1.29 is 30.1 Å². The monoisotopic (exact) mass is 804 g/mol. The van der Waals surface area contributed by atoms with E-state index < -0.39 is 11.5 Å². The summed E-state index contributed by atoms with van der Waals surface area (Å²) >= 11 is 0. The Balaban J connectivity index is 1.85. The van der Waals surface area contributed by atoms with Gasteiger partial charge in [-0.2, -0.15) is 0 Å². The van der Waals surface area contributed by atoms with Crippen LogP contribution < -0.4 is 29.6 Å². The molecule has 0 saturated carbocycles. The number of benzene rings is 5. The van der Waals surface area contributed by atoms with Gasteiger partial charge in [0.2, 0.25) is 5.71 Å². The summed E-state index contributed by atoms with van der Waals surface area (Å²) in [4.78, 5) is 13.1. The lowest BCUT2D eigenvalue weighted by atomic mass is 9.68. The highest BCUT2D eigenvalue weighted by molar-refractivity contribution is 6.31. The molecule has 0 aliphatic heterocycles. The lowest BCUT2D eigenvalue weighted by molar-refractivity contribution is -0.463. The Morgan fingerprint density at radius 3 is 1.30 bits per heavy atom. The summed E-state index contributed by atoms with van der Waals surface area (Å²) in [6.07, 6.45) is 0. The van der Waals surface area contributed by atoms with E-state index >= 15 is 5.11 Å². The van der Waals surface area contributed by atoms with Crippen LogP contribution in [0.3, 0.4) is 0 Å². The summed E-state index contributed by atoms with van der Waals surface area (Å²) in [5, 5.41) is 76.1. The second-order valence-electron chi connectivity index (χ2n) is 16.3. The zero-order valence-electron chi connectivity index (χ0n) is 35.9. The molecule has 0 amide bonds. The van der Waals surface area contributed by atoms with Crippen molar-refractivity contribution in [3.05, 3.63) is 110 Å². The first kappa shape index (κ1) is 40.7. The van der Waals surface area contributed by atoms with Gasteiger partial charge in [0, 0.05) is 131 Å². The molecule has 60 heavy (non-hydrogen) atoms. The first-order valence-corrected chi connectivity index (χ1v) is 19.1. The van der Waals surface area contributed by atoms with Crippen LogP contribution in [0.2, 0.25) is 0 Å². The van der Waals surface area contributed by atoms with Crippen molar-refractivity contribution in [2.75, 3.05) is 109 Å². The summed E-state index contributed by atoms with van der Waals surface area (Å²) in [7, 11) is 22.4. The van der Waals surface area contributed by atoms with Gasteiger partial charge in [0.05, 0.1) is 40.8 Å². The standard InChI is InChI=1S/C47H48N8O5/c1-49-23(22-48)32-43(41-37-28(56)18-14-24(50(2)3)33(37)45(54(10)11)34-25(51(4)5)15-19-29(57)38(34)41)47(60)44(32)42-39-30(58)20-16-26(52(6)7)35(39)46(55(12)13)36-27(53(8)9)17-21-31(59)40(36)42/h14-21H,2-13H3,(H4-,56,57,58,59,60). The van der Waals surface area contributed by atoms with E-state index in [1.54, 1.807) is 24.3 Å². The Bertz CT molecular complexity index is 2790. The topological polar surface area (TPSA) is 151 Å². The lowest BCUT2D eigenvalue weighted by Gasteiger charge is -2.41. The van der Waals surface area contributed by atoms with E-state index in [2.05, 4.69) is 4.85 Å². The highest BCUT2D eigenvalue weighted by Crippen LogP contribution is 2.61. The SMILES string of the molecule is [C-]#[N+]/C(C#N)=C1\C(=C2c3c(O)ccc(N(C)C)c3C(=[N+](C)C)c3c(N(C)C)ccc(O)c32)C([O-])=C1c1c2c(O)ccc(N(C)C)c2c(N(C)C)c2c(N(C)C)ccc(O)c12. The number of anilines is 5. The quantitative estimate of drug-likeness (QED) is 0.0695. The fourth-order valence-corrected chi connectivity index (χ4v) is 8.94. The van der Waals surface area contributed by atoms with Crippen LogP contribution in [0.15, 0.2) is 71.1 Å². The molecule has 0 heterocycles. The summed E-state index contributed by atoms with van der Waals surface area (Å²) in [5.41, 5.74) is 5.44. The summed E-state index contributed by atoms with van der Waals surface area (Å²) in [6, 6.07) is 15.3. The van der Waals surface area contributed by atoms with Gasteiger partial charge >= 0.3 is 0 Å². The maximum Gasteiger partial charge on any atom is 0.270 e. The number of hydrogen-bond donors (Lipinski definition) is 4. The van der Waals surface area contributed by atoms with E-state index in [1.165, 1.54) is 24.3 Å². The van der Waals surface area contributed by atoms with Crippen molar-refractivity contribution in [2.45, 2.75) is 0 Å². The number of allylic oxidation sites excluding steroid dienone is 3. The third-order valence-electron chi connectivity index (χ3n) is 11.3. The van der Waals surface area contributed by atoms with E-state index in [9.17, 15) is 25.7 Å². The number of hydrogen-bond acceptors (Lipinski definition) is 11. The smallest absolute Gasteiger partial charge is 0.270 e. The number of phenolic OH excluding ortho intramolecular Hbond substituents is 4. The molecule has 0 saturated heterocycles. The maximum absolute atomic E-state index is 15.7. The molecule has 0 unspecified atom stereocenters. The molecule has 2 aliphatic carbocycles. The Kier molecular flexibility index (Phi) is 9.76. The fraction of sp³-hybridized carbons (Fsp3) is 0.255. The minimum Gasteiger partial charge on any atom is -0.872 e. The van der Waals surface area contributed by atoms with E-state index in [0.717, 1.165) is 0 Å². The van der Waals surface area contributed by atoms with Crippen molar-refractivity contribution in [1.29, 1.82) is 5.26 Å². The van der Waals surface area contributed by atoms with E-state index in [-0.39, 0.29) is 72.8 Å². The zero-order valence-corrected chi connectivity index (χ0v) is 35.9. The van der Waals surface area contributed by atoms with Crippen LogP contribution in [0.1, 0.15) is 27.8 Å². The Labute approximate surface area is 349 Å². The number of nitrogens with zero attached hydrogens (tertiary/aromatic N) is 8. The highest BCUT2D eigenvalue weighted by Gasteiger charge is 2.44. The minimum atomic E-state index is -0.615. The molecular weight excluding hydrogens is 757 g/mol. The van der Waals surface area contributed by atoms with Gasteiger partial charge in [0.25, 0.3) is 5.70 Å². The van der Waals surface area contributed by atoms with Gasteiger partial charge < -0.3 is 50.0 Å². The van der Waals surface area contributed by atoms with E-state index in [0.29, 0.717) is 56.0 Å². The van der Waals surface area contributed by atoms with E-state index in [4.69, 9.17) is 6.57 Å². The molecule has 4 N–H and O–H groups in total. The van der Waals surface area contributed by atoms with E-state index in [1.807, 2.05) is 120 Å². The molecule has 0 aromatic heterocycles. The van der Waals surface area contributed by atoms with Gasteiger partial charge in [0.1, 0.15) is 37.1 Å². The van der Waals surface area contributed by atoms with Gasteiger partial charge in [-0.05, 0) is 59.7 Å². The molecule has 0 atom stereocenters. The van der Waals surface area contributed by atoms with Crippen molar-refractivity contribution in [3.63, 3.8) is 0 Å². The first-order valence-electron chi connectivity index (χ1n) is 19.1. The van der Waals surface area contributed by atoms with Crippen molar-refractivity contribution in [2.24, 2.45) is 0 Å². The second kappa shape index (κ2) is 14.4. The van der Waals surface area contributed by atoms with Crippen LogP contribution in [-0.2, 0) is 0 Å². The van der Waals surface area contributed by atoms with Gasteiger partial charge in [-0.3, -0.25) is 0 Å². The molecule has 0 bridgehead atoms. The normalized spacial score (nSPS) is 14.0. The third-order valence-corrected chi connectivity index (χ3v) is 11.3. The van der Waals surface area contributed by atoms with Crippen LogP contribution in [0, 0.1) is 17.9 Å². The molecule has 0 fully saturated rings. The number of fused-ring (bicyclic) bond motifs is 4. The lowest BCUT2D eigenvalue weighted by Crippen LogP contribution is -2.31. The minimum absolute atomic E-state index is 0.0356. The average Bonchev–Trinajstić information content (AvgIpc) is 3.17. The van der Waals surface area contributed by atoms with Crippen molar-refractivity contribution in [3.8, 4) is 29.1 Å². The van der Waals surface area contributed by atoms with Crippen LogP contribution in [0.25, 0.3) is 37.5 Å². The average molecular weight is 805 g/mol. The fourth-order valence-electron chi connectivity index (χ4n) is 8.94. The zero-order chi connectivity index (χ0) is 44.0. The van der Waals surface area contributed by atoms with Gasteiger partial charge in [0.15, 0.2) is 0 Å². The number of nitriles is 1. The van der Waals surface area contributed by atoms with Crippen LogP contribution in [-0.4, -0.2) is 115 Å². The van der Waals surface area contributed by atoms with Gasteiger partial charge in [-0.15, -0.1) is 0 Å².